The molecule has 0 aliphatic carbocycles. The van der Waals surface area contributed by atoms with Gasteiger partial charge in [0.1, 0.15) is 11.5 Å². The lowest BCUT2D eigenvalue weighted by molar-refractivity contribution is -0.141. The van der Waals surface area contributed by atoms with Crippen LogP contribution in [0, 0.1) is 0 Å². The number of alkyl halides is 3. The average Bonchev–Trinajstić information content (AvgIpc) is 2.28. The van der Waals surface area contributed by atoms with E-state index in [1.54, 1.807) is 0 Å². The SMILES string of the molecule is N/C(CC(=O)Nc1ccc(C(F)(F)F)nc1)=N/O. The van der Waals surface area contributed by atoms with Crippen LogP contribution in [0.5, 0.6) is 0 Å². The summed E-state index contributed by atoms with van der Waals surface area (Å²) in [6.07, 6.45) is -4.04. The number of carbonyl (C=O) groups is 1. The molecule has 1 aromatic rings. The van der Waals surface area contributed by atoms with Crippen LogP contribution < -0.4 is 11.1 Å². The summed E-state index contributed by atoms with van der Waals surface area (Å²) in [5.74, 6) is -0.945. The molecule has 1 rings (SSSR count). The van der Waals surface area contributed by atoms with E-state index in [9.17, 15) is 18.0 Å². The molecule has 1 heterocycles. The fourth-order valence-corrected chi connectivity index (χ4v) is 1.04. The highest BCUT2D eigenvalue weighted by Crippen LogP contribution is 2.27. The second-order valence-electron chi connectivity index (χ2n) is 3.25. The molecule has 9 heteroatoms. The fraction of sp³-hybridized carbons (Fsp3) is 0.222. The van der Waals surface area contributed by atoms with E-state index in [4.69, 9.17) is 10.9 Å². The van der Waals surface area contributed by atoms with Gasteiger partial charge in [0.15, 0.2) is 0 Å². The summed E-state index contributed by atoms with van der Waals surface area (Å²) in [6, 6.07) is 1.79. The van der Waals surface area contributed by atoms with Gasteiger partial charge in [-0.25, -0.2) is 4.98 Å². The van der Waals surface area contributed by atoms with Crippen LogP contribution in [0.25, 0.3) is 0 Å². The Balaban J connectivity index is 2.67. The molecule has 0 atom stereocenters. The van der Waals surface area contributed by atoms with Gasteiger partial charge < -0.3 is 16.3 Å². The number of aromatic nitrogens is 1. The van der Waals surface area contributed by atoms with Gasteiger partial charge in [-0.2, -0.15) is 13.2 Å². The Morgan fingerprint density at radius 1 is 1.50 bits per heavy atom. The molecule has 0 fully saturated rings. The summed E-state index contributed by atoms with van der Waals surface area (Å²) in [5, 5.41) is 13.1. The van der Waals surface area contributed by atoms with E-state index in [-0.39, 0.29) is 17.9 Å². The minimum Gasteiger partial charge on any atom is -0.409 e. The van der Waals surface area contributed by atoms with Crippen LogP contribution in [0.1, 0.15) is 12.1 Å². The molecule has 4 N–H and O–H groups in total. The Morgan fingerprint density at radius 3 is 2.61 bits per heavy atom. The summed E-state index contributed by atoms with van der Waals surface area (Å²) in [7, 11) is 0. The minimum atomic E-state index is -4.53. The number of hydrogen-bond donors (Lipinski definition) is 3. The zero-order chi connectivity index (χ0) is 13.8. The second kappa shape index (κ2) is 5.34. The lowest BCUT2D eigenvalue weighted by Gasteiger charge is -2.07. The van der Waals surface area contributed by atoms with E-state index in [1.165, 1.54) is 0 Å². The zero-order valence-electron chi connectivity index (χ0n) is 8.90. The summed E-state index contributed by atoms with van der Waals surface area (Å²) in [6.45, 7) is 0. The first-order valence-corrected chi connectivity index (χ1v) is 4.62. The van der Waals surface area contributed by atoms with Crippen molar-refractivity contribution in [3.63, 3.8) is 0 Å². The molecule has 0 spiro atoms. The first kappa shape index (κ1) is 13.7. The first-order chi connectivity index (χ1) is 8.32. The monoisotopic (exact) mass is 262 g/mol. The number of amidine groups is 1. The van der Waals surface area contributed by atoms with Crippen molar-refractivity contribution in [1.82, 2.24) is 4.98 Å². The number of hydrogen-bond acceptors (Lipinski definition) is 4. The van der Waals surface area contributed by atoms with Crippen molar-refractivity contribution < 1.29 is 23.2 Å². The predicted molar refractivity (Wildman–Crippen MR) is 55.9 cm³/mol. The molecule has 0 aromatic carbocycles. The number of carbonyl (C=O) groups excluding carboxylic acids is 1. The van der Waals surface area contributed by atoms with Gasteiger partial charge in [0.25, 0.3) is 0 Å². The first-order valence-electron chi connectivity index (χ1n) is 4.62. The van der Waals surface area contributed by atoms with Crippen LogP contribution >= 0.6 is 0 Å². The van der Waals surface area contributed by atoms with Crippen molar-refractivity contribution in [2.24, 2.45) is 10.9 Å². The number of pyridine rings is 1. The summed E-state index contributed by atoms with van der Waals surface area (Å²) < 4.78 is 36.6. The molecule has 0 unspecified atom stereocenters. The molecule has 0 aliphatic heterocycles. The lowest BCUT2D eigenvalue weighted by atomic mass is 10.3. The third-order valence-electron chi connectivity index (χ3n) is 1.81. The molecule has 18 heavy (non-hydrogen) atoms. The number of nitrogens with two attached hydrogens (primary N) is 1. The second-order valence-corrected chi connectivity index (χ2v) is 3.25. The van der Waals surface area contributed by atoms with Crippen molar-refractivity contribution in [1.29, 1.82) is 0 Å². The Kier molecular flexibility index (Phi) is 4.08. The molecule has 1 aromatic heterocycles. The highest BCUT2D eigenvalue weighted by Gasteiger charge is 2.32. The number of oxime groups is 1. The van der Waals surface area contributed by atoms with Crippen LogP contribution in [-0.2, 0) is 11.0 Å². The quantitative estimate of drug-likeness (QED) is 0.329. The van der Waals surface area contributed by atoms with Gasteiger partial charge in [-0.05, 0) is 12.1 Å². The van der Waals surface area contributed by atoms with Gasteiger partial charge in [-0.15, -0.1) is 0 Å². The van der Waals surface area contributed by atoms with Crippen LogP contribution in [0.2, 0.25) is 0 Å². The Hall–Kier alpha value is -2.32. The molecule has 0 bridgehead atoms. The third kappa shape index (κ3) is 3.92. The van der Waals surface area contributed by atoms with Gasteiger partial charge in [0, 0.05) is 0 Å². The van der Waals surface area contributed by atoms with E-state index in [2.05, 4.69) is 15.5 Å². The number of rotatable bonds is 3. The molecular formula is C9H9F3N4O2. The van der Waals surface area contributed by atoms with Crippen molar-refractivity contribution in [3.8, 4) is 0 Å². The van der Waals surface area contributed by atoms with E-state index in [1.807, 2.05) is 0 Å². The van der Waals surface area contributed by atoms with Crippen LogP contribution in [0.3, 0.4) is 0 Å². The van der Waals surface area contributed by atoms with E-state index < -0.39 is 17.8 Å². The Labute approximate surface area is 99.3 Å². The fourth-order valence-electron chi connectivity index (χ4n) is 1.04. The summed E-state index contributed by atoms with van der Waals surface area (Å²) in [4.78, 5) is 14.4. The molecule has 0 radical (unpaired) electrons. The lowest BCUT2D eigenvalue weighted by Crippen LogP contribution is -2.22. The van der Waals surface area contributed by atoms with E-state index >= 15 is 0 Å². The van der Waals surface area contributed by atoms with E-state index in [0.717, 1.165) is 18.3 Å². The highest BCUT2D eigenvalue weighted by molar-refractivity contribution is 6.04. The topological polar surface area (TPSA) is 101 Å². The zero-order valence-corrected chi connectivity index (χ0v) is 8.90. The van der Waals surface area contributed by atoms with Crippen molar-refractivity contribution in [2.45, 2.75) is 12.6 Å². The maximum absolute atomic E-state index is 12.2. The van der Waals surface area contributed by atoms with Crippen molar-refractivity contribution >= 4 is 17.4 Å². The highest BCUT2D eigenvalue weighted by atomic mass is 19.4. The van der Waals surface area contributed by atoms with Crippen molar-refractivity contribution in [3.05, 3.63) is 24.0 Å². The summed E-state index contributed by atoms with van der Waals surface area (Å²) in [5.41, 5.74) is 4.11. The molecule has 0 aliphatic rings. The molecular weight excluding hydrogens is 253 g/mol. The van der Waals surface area contributed by atoms with Gasteiger partial charge in [0.05, 0.1) is 18.3 Å². The maximum Gasteiger partial charge on any atom is 0.433 e. The normalized spacial score (nSPS) is 12.3. The average molecular weight is 262 g/mol. The molecule has 6 nitrogen and oxygen atoms in total. The number of amides is 1. The Morgan fingerprint density at radius 2 is 2.17 bits per heavy atom. The number of nitrogens with one attached hydrogen (secondary N) is 1. The molecule has 0 saturated heterocycles. The Bertz CT molecular complexity index is 456. The van der Waals surface area contributed by atoms with Gasteiger partial charge >= 0.3 is 6.18 Å². The minimum absolute atomic E-state index is 0.0822. The largest absolute Gasteiger partial charge is 0.433 e. The maximum atomic E-state index is 12.2. The van der Waals surface area contributed by atoms with Crippen LogP contribution in [0.4, 0.5) is 18.9 Å². The third-order valence-corrected chi connectivity index (χ3v) is 1.81. The smallest absolute Gasteiger partial charge is 0.409 e. The van der Waals surface area contributed by atoms with Crippen molar-refractivity contribution in [2.75, 3.05) is 5.32 Å². The van der Waals surface area contributed by atoms with Gasteiger partial charge in [0.2, 0.25) is 5.91 Å². The standard InChI is InChI=1S/C9H9F3N4O2/c10-9(11,12)6-2-1-5(4-14-6)15-8(17)3-7(13)16-18/h1-2,4,18H,3H2,(H2,13,16)(H,15,17). The van der Waals surface area contributed by atoms with Gasteiger partial charge in [-0.3, -0.25) is 4.79 Å². The summed E-state index contributed by atoms with van der Waals surface area (Å²) >= 11 is 0. The number of anilines is 1. The molecule has 0 saturated carbocycles. The number of halogens is 3. The van der Waals surface area contributed by atoms with Crippen LogP contribution in [-0.4, -0.2) is 21.9 Å². The molecule has 1 amide bonds. The van der Waals surface area contributed by atoms with E-state index in [0.29, 0.717) is 0 Å². The van der Waals surface area contributed by atoms with Gasteiger partial charge in [-0.1, -0.05) is 5.16 Å². The number of nitrogens with zero attached hydrogens (tertiary/aromatic N) is 2. The predicted octanol–water partition coefficient (Wildman–Crippen LogP) is 1.18. The molecule has 98 valence electrons. The van der Waals surface area contributed by atoms with Crippen LogP contribution in [0.15, 0.2) is 23.5 Å².